The molecule has 0 fully saturated rings. The van der Waals surface area contributed by atoms with Gasteiger partial charge in [-0.25, -0.2) is 0 Å². The maximum atomic E-state index is 12.7. The Balaban J connectivity index is 1.38. The summed E-state index contributed by atoms with van der Waals surface area (Å²) in [6.45, 7) is 0. The Hall–Kier alpha value is -3.94. The van der Waals surface area contributed by atoms with Gasteiger partial charge in [0.2, 0.25) is 0 Å². The van der Waals surface area contributed by atoms with E-state index in [4.69, 9.17) is 10.2 Å². The molecule has 4 aromatic rings. The average molecular weight is 457 g/mol. The van der Waals surface area contributed by atoms with E-state index in [1.807, 2.05) is 30.3 Å². The van der Waals surface area contributed by atoms with E-state index in [0.717, 1.165) is 15.4 Å². The summed E-state index contributed by atoms with van der Waals surface area (Å²) in [4.78, 5) is 14.5. The molecule has 0 radical (unpaired) electrons. The van der Waals surface area contributed by atoms with Crippen molar-refractivity contribution in [3.05, 3.63) is 101 Å². The highest BCUT2D eigenvalue weighted by molar-refractivity contribution is 8.03. The van der Waals surface area contributed by atoms with Gasteiger partial charge in [0.15, 0.2) is 0 Å². The van der Waals surface area contributed by atoms with E-state index in [2.05, 4.69) is 5.32 Å². The van der Waals surface area contributed by atoms with Crippen molar-refractivity contribution in [2.75, 3.05) is 11.1 Å². The third kappa shape index (κ3) is 4.24. The molecule has 1 aromatic heterocycles. The molecule has 1 unspecified atom stereocenters. The van der Waals surface area contributed by atoms with Crippen LogP contribution in [-0.4, -0.2) is 16.1 Å². The van der Waals surface area contributed by atoms with E-state index in [1.54, 1.807) is 48.5 Å². The van der Waals surface area contributed by atoms with E-state index in [0.29, 0.717) is 28.5 Å². The maximum absolute atomic E-state index is 12.7. The van der Waals surface area contributed by atoms with Gasteiger partial charge in [-0.2, -0.15) is 0 Å². The molecule has 0 bridgehead atoms. The fourth-order valence-electron chi connectivity index (χ4n) is 3.66. The number of aromatic hydroxyl groups is 1. The average Bonchev–Trinajstić information content (AvgIpc) is 3.39. The first-order chi connectivity index (χ1) is 16.0. The molecule has 0 aliphatic carbocycles. The predicted molar refractivity (Wildman–Crippen MR) is 130 cm³/mol. The third-order valence-corrected chi connectivity index (χ3v) is 6.46. The lowest BCUT2D eigenvalue weighted by Gasteiger charge is -2.09. The third-order valence-electron chi connectivity index (χ3n) is 5.29. The number of benzene rings is 3. The Labute approximate surface area is 194 Å². The van der Waals surface area contributed by atoms with E-state index in [1.165, 1.54) is 17.8 Å². The zero-order chi connectivity index (χ0) is 22.9. The summed E-state index contributed by atoms with van der Waals surface area (Å²) in [6.07, 6.45) is 1.13. The zero-order valence-electron chi connectivity index (χ0n) is 17.4. The number of nitrogen functional groups attached to an aromatic ring is 1. The Morgan fingerprint density at radius 1 is 1.03 bits per heavy atom. The molecule has 1 aliphatic rings. The fourth-order valence-corrected chi connectivity index (χ4v) is 4.77. The van der Waals surface area contributed by atoms with Gasteiger partial charge in [0.1, 0.15) is 23.4 Å². The van der Waals surface area contributed by atoms with Crippen molar-refractivity contribution >= 4 is 35.1 Å². The molecule has 7 heteroatoms. The van der Waals surface area contributed by atoms with Gasteiger partial charge in [0.25, 0.3) is 5.91 Å². The van der Waals surface area contributed by atoms with Crippen LogP contribution < -0.4 is 11.1 Å². The molecule has 1 aliphatic heterocycles. The largest absolute Gasteiger partial charge is 0.507 e. The molecule has 33 heavy (non-hydrogen) atoms. The van der Waals surface area contributed by atoms with Crippen LogP contribution in [0, 0.1) is 0 Å². The van der Waals surface area contributed by atoms with E-state index < -0.39 is 12.0 Å². The number of phenols is 1. The molecular formula is C26H20N2O4S. The molecule has 5 N–H and O–H groups in total. The molecule has 0 spiro atoms. The van der Waals surface area contributed by atoms with Crippen LogP contribution in [0.5, 0.6) is 5.75 Å². The fraction of sp³-hybridized carbons (Fsp3) is 0.0385. The number of phenolic OH excluding ortho intramolecular Hbond substituents is 1. The smallest absolute Gasteiger partial charge is 0.259 e. The van der Waals surface area contributed by atoms with Crippen LogP contribution in [0.15, 0.2) is 93.1 Å². The van der Waals surface area contributed by atoms with Gasteiger partial charge >= 0.3 is 0 Å². The van der Waals surface area contributed by atoms with Crippen molar-refractivity contribution in [2.24, 2.45) is 0 Å². The molecular weight excluding hydrogens is 436 g/mol. The quantitative estimate of drug-likeness (QED) is 0.295. The molecule has 1 amide bonds. The van der Waals surface area contributed by atoms with Crippen molar-refractivity contribution in [3.8, 4) is 17.1 Å². The minimum absolute atomic E-state index is 0.114. The minimum Gasteiger partial charge on any atom is -0.507 e. The first-order valence-corrected chi connectivity index (χ1v) is 11.1. The molecule has 1 atom stereocenters. The van der Waals surface area contributed by atoms with E-state index in [9.17, 15) is 15.0 Å². The van der Waals surface area contributed by atoms with Gasteiger partial charge in [-0.05, 0) is 66.2 Å². The summed E-state index contributed by atoms with van der Waals surface area (Å²) in [5.41, 5.74) is 8.46. The molecule has 5 rings (SSSR count). The first-order valence-electron chi connectivity index (χ1n) is 10.2. The molecule has 2 heterocycles. The van der Waals surface area contributed by atoms with E-state index in [-0.39, 0.29) is 11.3 Å². The molecule has 164 valence electrons. The van der Waals surface area contributed by atoms with Crippen molar-refractivity contribution in [3.63, 3.8) is 0 Å². The Bertz CT molecular complexity index is 1390. The number of carbonyl (C=O) groups excluding carboxylic acids is 1. The van der Waals surface area contributed by atoms with Crippen LogP contribution in [0.3, 0.4) is 0 Å². The number of nitrogens with two attached hydrogens (primary N) is 1. The van der Waals surface area contributed by atoms with Crippen molar-refractivity contribution in [1.29, 1.82) is 0 Å². The van der Waals surface area contributed by atoms with Crippen LogP contribution in [0.25, 0.3) is 17.4 Å². The number of anilines is 2. The van der Waals surface area contributed by atoms with Crippen molar-refractivity contribution < 1.29 is 19.4 Å². The highest BCUT2D eigenvalue weighted by Gasteiger charge is 2.26. The number of thioether (sulfide) groups is 1. The number of rotatable bonds is 4. The number of hydrogen-bond acceptors (Lipinski definition) is 6. The van der Waals surface area contributed by atoms with Gasteiger partial charge in [-0.15, -0.1) is 0 Å². The van der Waals surface area contributed by atoms with Gasteiger partial charge in [0, 0.05) is 26.7 Å². The second-order valence-corrected chi connectivity index (χ2v) is 8.72. The van der Waals surface area contributed by atoms with Gasteiger partial charge in [-0.1, -0.05) is 36.0 Å². The summed E-state index contributed by atoms with van der Waals surface area (Å²) >= 11 is 1.51. The lowest BCUT2D eigenvalue weighted by Crippen LogP contribution is -2.12. The van der Waals surface area contributed by atoms with Gasteiger partial charge in [0.05, 0.1) is 5.56 Å². The summed E-state index contributed by atoms with van der Waals surface area (Å²) in [5, 5.41) is 23.6. The van der Waals surface area contributed by atoms with Crippen LogP contribution in [0.2, 0.25) is 0 Å². The lowest BCUT2D eigenvalue weighted by molar-refractivity contribution is 0.102. The zero-order valence-corrected chi connectivity index (χ0v) is 18.2. The Morgan fingerprint density at radius 2 is 1.88 bits per heavy atom. The monoisotopic (exact) mass is 456 g/mol. The highest BCUT2D eigenvalue weighted by atomic mass is 32.2. The number of aliphatic hydroxyl groups is 1. The van der Waals surface area contributed by atoms with Crippen LogP contribution in [-0.2, 0) is 0 Å². The number of hydrogen-bond donors (Lipinski definition) is 4. The second-order valence-electron chi connectivity index (χ2n) is 7.60. The molecule has 0 saturated heterocycles. The van der Waals surface area contributed by atoms with Gasteiger partial charge < -0.3 is 25.7 Å². The van der Waals surface area contributed by atoms with Crippen molar-refractivity contribution in [1.82, 2.24) is 0 Å². The number of carbonyl (C=O) groups is 1. The number of amides is 1. The SMILES string of the molecule is Nc1cccc(NC(=O)c2cc(-c3ccc(/C=C4\Sc5ccccc5C4O)o3)ccc2O)c1. The van der Waals surface area contributed by atoms with E-state index >= 15 is 0 Å². The summed E-state index contributed by atoms with van der Waals surface area (Å²) < 4.78 is 5.96. The predicted octanol–water partition coefficient (Wildman–Crippen LogP) is 5.67. The number of aliphatic hydroxyl groups excluding tert-OH is 1. The Kier molecular flexibility index (Phi) is 5.42. The summed E-state index contributed by atoms with van der Waals surface area (Å²) in [6, 6.07) is 22.8. The maximum Gasteiger partial charge on any atom is 0.259 e. The molecule has 0 saturated carbocycles. The van der Waals surface area contributed by atoms with Crippen LogP contribution >= 0.6 is 11.8 Å². The Morgan fingerprint density at radius 3 is 2.70 bits per heavy atom. The topological polar surface area (TPSA) is 109 Å². The van der Waals surface area contributed by atoms with Crippen molar-refractivity contribution in [2.45, 2.75) is 11.0 Å². The van der Waals surface area contributed by atoms with Crippen LogP contribution in [0.1, 0.15) is 27.8 Å². The standard InChI is InChI=1S/C26H20N2O4S/c27-16-4-3-5-17(13-16)28-26(31)20-12-15(8-10-21(20)29)22-11-9-18(32-22)14-24-25(30)19-6-1-2-7-23(19)33-24/h1-14,25,29-30H,27H2,(H,28,31)/b24-14-. The number of fused-ring (bicyclic) bond motifs is 1. The summed E-state index contributed by atoms with van der Waals surface area (Å²) in [7, 11) is 0. The van der Waals surface area contributed by atoms with Gasteiger partial charge in [-0.3, -0.25) is 4.79 Å². The lowest BCUT2D eigenvalue weighted by atomic mass is 10.1. The highest BCUT2D eigenvalue weighted by Crippen LogP contribution is 2.47. The number of nitrogens with one attached hydrogen (secondary N) is 1. The number of furan rings is 1. The molecule has 6 nitrogen and oxygen atoms in total. The minimum atomic E-state index is -0.684. The summed E-state index contributed by atoms with van der Waals surface area (Å²) in [5.74, 6) is 0.516. The van der Waals surface area contributed by atoms with Crippen LogP contribution in [0.4, 0.5) is 11.4 Å². The molecule has 3 aromatic carbocycles. The first kappa shape index (κ1) is 20.9. The second kappa shape index (κ2) is 8.54. The normalized spacial score (nSPS) is 16.0.